The number of fused-ring (bicyclic) bond motifs is 2. The molecule has 2 aromatic heterocycles. The molecule has 0 aliphatic carbocycles. The van der Waals surface area contributed by atoms with E-state index in [1.807, 2.05) is 0 Å². The fraction of sp³-hybridized carbons (Fsp3) is 0.125. The maximum absolute atomic E-state index is 15.1. The Kier molecular flexibility index (Phi) is 10.9. The second-order valence-electron chi connectivity index (χ2n) is 9.73. The third kappa shape index (κ3) is 6.57. The van der Waals surface area contributed by atoms with Gasteiger partial charge in [0.05, 0.1) is 52.5 Å². The van der Waals surface area contributed by atoms with Crippen LogP contribution >= 0.6 is 58.0 Å². The molecule has 248 valence electrons. The van der Waals surface area contributed by atoms with Crippen LogP contribution in [0.2, 0.25) is 15.2 Å². The van der Waals surface area contributed by atoms with Gasteiger partial charge in [-0.3, -0.25) is 4.79 Å². The Morgan fingerprint density at radius 3 is 1.67 bits per heavy atom. The molecule has 0 aliphatic rings. The van der Waals surface area contributed by atoms with Crippen LogP contribution < -0.4 is 15.0 Å². The third-order valence-electron chi connectivity index (χ3n) is 6.96. The zero-order valence-electron chi connectivity index (χ0n) is 24.5. The highest BCUT2D eigenvalue weighted by Gasteiger charge is 2.25. The Bertz CT molecular complexity index is 2270. The fourth-order valence-corrected chi connectivity index (χ4v) is 5.93. The molecule has 48 heavy (non-hydrogen) atoms. The molecule has 6 aromatic rings. The Labute approximate surface area is 294 Å². The molecule has 0 atom stereocenters. The normalized spacial score (nSPS) is 11.1. The smallest absolute Gasteiger partial charge is 0.258 e. The minimum absolute atomic E-state index is 0.0171. The van der Waals surface area contributed by atoms with E-state index in [0.29, 0.717) is 0 Å². The summed E-state index contributed by atoms with van der Waals surface area (Å²) in [6.07, 6.45) is 0. The summed E-state index contributed by atoms with van der Waals surface area (Å²) in [4.78, 5) is 26.4. The first-order chi connectivity index (χ1) is 22.9. The first-order valence-corrected chi connectivity index (χ1v) is 15.7. The van der Waals surface area contributed by atoms with Gasteiger partial charge in [-0.15, -0.1) is 23.2 Å². The van der Waals surface area contributed by atoms with E-state index in [4.69, 9.17) is 67.5 Å². The average Bonchev–Trinajstić information content (AvgIpc) is 3.07. The highest BCUT2D eigenvalue weighted by Crippen LogP contribution is 2.43. The molecule has 4 aromatic carbocycles. The summed E-state index contributed by atoms with van der Waals surface area (Å²) in [5.74, 6) is -2.77. The van der Waals surface area contributed by atoms with Gasteiger partial charge in [-0.05, 0) is 36.4 Å². The lowest BCUT2D eigenvalue weighted by atomic mass is 10.0. The number of alkyl halides is 2. The maximum Gasteiger partial charge on any atom is 0.258 e. The first kappa shape index (κ1) is 35.4. The topological polar surface area (TPSA) is 90.0 Å². The largest absolute Gasteiger partial charge is 0.496 e. The van der Waals surface area contributed by atoms with E-state index in [1.165, 1.54) is 56.7 Å². The number of nitrogens with one attached hydrogen (secondary N) is 1. The lowest BCUT2D eigenvalue weighted by molar-refractivity contribution is 0.413. The van der Waals surface area contributed by atoms with E-state index in [-0.39, 0.29) is 94.2 Å². The summed E-state index contributed by atoms with van der Waals surface area (Å²) in [5.41, 5.74) is -1.52. The number of nitrogens with zero attached hydrogens (tertiary/aromatic N) is 3. The molecule has 0 unspecified atom stereocenters. The molecule has 0 saturated carbocycles. The fourth-order valence-electron chi connectivity index (χ4n) is 4.87. The van der Waals surface area contributed by atoms with Gasteiger partial charge in [0.1, 0.15) is 51.0 Å². The molecule has 0 fully saturated rings. The second-order valence-corrected chi connectivity index (χ2v) is 11.4. The lowest BCUT2D eigenvalue weighted by Gasteiger charge is -2.14. The van der Waals surface area contributed by atoms with Gasteiger partial charge < -0.3 is 14.5 Å². The molecule has 2 heterocycles. The first-order valence-electron chi connectivity index (χ1n) is 13.5. The molecular weight excluding hydrogens is 742 g/mol. The number of ether oxygens (including phenoxy) is 2. The van der Waals surface area contributed by atoms with Gasteiger partial charge in [0.2, 0.25) is 0 Å². The van der Waals surface area contributed by atoms with Crippen molar-refractivity contribution in [2.45, 2.75) is 11.8 Å². The van der Waals surface area contributed by atoms with Crippen molar-refractivity contribution in [3.63, 3.8) is 0 Å². The van der Waals surface area contributed by atoms with Crippen LogP contribution in [0.1, 0.15) is 11.6 Å². The minimum Gasteiger partial charge on any atom is -0.496 e. The Hall–Kier alpha value is -3.87. The molecule has 1 N–H and O–H groups in total. The van der Waals surface area contributed by atoms with E-state index in [1.54, 1.807) is 0 Å². The number of aromatic amines is 1. The second kappa shape index (κ2) is 14.7. The van der Waals surface area contributed by atoms with Gasteiger partial charge >= 0.3 is 0 Å². The van der Waals surface area contributed by atoms with Crippen LogP contribution in [0.15, 0.2) is 53.3 Å². The highest BCUT2D eigenvalue weighted by atomic mass is 35.5. The summed E-state index contributed by atoms with van der Waals surface area (Å²) in [6.45, 7) is 0. The van der Waals surface area contributed by atoms with E-state index in [9.17, 15) is 13.6 Å². The number of hydrogen-bond donors (Lipinski definition) is 1. The van der Waals surface area contributed by atoms with Crippen molar-refractivity contribution in [3.05, 3.63) is 109 Å². The molecule has 7 nitrogen and oxygen atoms in total. The van der Waals surface area contributed by atoms with Crippen molar-refractivity contribution in [1.82, 2.24) is 19.9 Å². The number of rotatable bonds is 6. The van der Waals surface area contributed by atoms with E-state index < -0.39 is 28.8 Å². The number of H-pyrrole nitrogens is 1. The number of benzene rings is 4. The van der Waals surface area contributed by atoms with Crippen molar-refractivity contribution in [2.24, 2.45) is 0 Å². The van der Waals surface area contributed by atoms with Crippen LogP contribution in [0.4, 0.5) is 17.6 Å². The molecule has 16 heteroatoms. The monoisotopic (exact) mass is 758 g/mol. The van der Waals surface area contributed by atoms with Crippen LogP contribution in [0.5, 0.6) is 11.5 Å². The summed E-state index contributed by atoms with van der Waals surface area (Å²) >= 11 is 29.7. The predicted octanol–water partition coefficient (Wildman–Crippen LogP) is 9.90. The van der Waals surface area contributed by atoms with Gasteiger partial charge in [-0.1, -0.05) is 46.9 Å². The SMILES string of the molecule is COc1cccc(F)c1-c1c(Cl)cc2c(=O)[nH]c(CCl)nc2c1F.COc1cccc(F)c1-c1c(Cl)cc2c(Cl)nc(CCl)nc2c1F. The van der Waals surface area contributed by atoms with Crippen LogP contribution in [0, 0.1) is 23.3 Å². The van der Waals surface area contributed by atoms with Crippen molar-refractivity contribution in [1.29, 1.82) is 0 Å². The number of hydrogen-bond acceptors (Lipinski definition) is 6. The number of aromatic nitrogens is 4. The summed E-state index contributed by atoms with van der Waals surface area (Å²) in [6, 6.07) is 10.9. The van der Waals surface area contributed by atoms with Gasteiger partial charge in [-0.2, -0.15) is 0 Å². The van der Waals surface area contributed by atoms with Crippen LogP contribution in [-0.2, 0) is 11.8 Å². The van der Waals surface area contributed by atoms with Gasteiger partial charge in [0.25, 0.3) is 5.56 Å². The summed E-state index contributed by atoms with van der Waals surface area (Å²) in [7, 11) is 2.69. The maximum atomic E-state index is 15.1. The Morgan fingerprint density at radius 2 is 1.19 bits per heavy atom. The van der Waals surface area contributed by atoms with E-state index in [0.717, 1.165) is 6.07 Å². The molecule has 0 radical (unpaired) electrons. The quantitative estimate of drug-likeness (QED) is 0.103. The number of halogens is 9. The summed E-state index contributed by atoms with van der Waals surface area (Å²) < 4.78 is 69.0. The third-order valence-corrected chi connectivity index (χ3v) is 8.34. The lowest BCUT2D eigenvalue weighted by Crippen LogP contribution is -2.12. The molecule has 0 amide bonds. The molecule has 0 spiro atoms. The number of methoxy groups -OCH3 is 2. The van der Waals surface area contributed by atoms with Crippen molar-refractivity contribution in [3.8, 4) is 33.8 Å². The van der Waals surface area contributed by atoms with Crippen molar-refractivity contribution in [2.75, 3.05) is 14.2 Å². The molecular formula is C32H19Cl5F4N4O3. The Balaban J connectivity index is 0.000000188. The van der Waals surface area contributed by atoms with E-state index in [2.05, 4.69) is 19.9 Å². The standard InChI is InChI=1S/C16H9Cl3F2N2O.C16H10Cl2F2N2O2/c1-24-10-4-2-3-9(20)13(10)12-8(18)5-7-15(14(12)21)22-11(6-17)23-16(7)19;1-24-10-4-2-3-9(19)13(10)12-8(18)5-7-15(14(12)20)21-11(6-17)22-16(7)23/h2-5H,6H2,1H3;2-5H,6H2,1H3,(H,21,22,23). The molecule has 0 aliphatic heterocycles. The van der Waals surface area contributed by atoms with E-state index >= 15 is 8.78 Å². The zero-order valence-corrected chi connectivity index (χ0v) is 28.3. The minimum atomic E-state index is -0.918. The van der Waals surface area contributed by atoms with Crippen LogP contribution in [-0.4, -0.2) is 34.2 Å². The van der Waals surface area contributed by atoms with Crippen molar-refractivity contribution >= 4 is 79.8 Å². The van der Waals surface area contributed by atoms with Crippen molar-refractivity contribution < 1.29 is 27.0 Å². The summed E-state index contributed by atoms with van der Waals surface area (Å²) in [5, 5.41) is 0.0165. The van der Waals surface area contributed by atoms with Crippen LogP contribution in [0.3, 0.4) is 0 Å². The molecule has 0 saturated heterocycles. The Morgan fingerprint density at radius 1 is 0.688 bits per heavy atom. The van der Waals surface area contributed by atoms with Crippen LogP contribution in [0.25, 0.3) is 44.1 Å². The predicted molar refractivity (Wildman–Crippen MR) is 180 cm³/mol. The van der Waals surface area contributed by atoms with Gasteiger partial charge in [0.15, 0.2) is 11.6 Å². The van der Waals surface area contributed by atoms with Gasteiger partial charge in [-0.25, -0.2) is 32.5 Å². The highest BCUT2D eigenvalue weighted by molar-refractivity contribution is 6.37. The average molecular weight is 761 g/mol. The molecule has 0 bridgehead atoms. The zero-order chi connectivity index (χ0) is 34.9. The molecule has 6 rings (SSSR count). The van der Waals surface area contributed by atoms with Gasteiger partial charge in [0, 0.05) is 16.5 Å².